The number of hydrogen-bond donors (Lipinski definition) is 1. The molecular weight excluding hydrogens is 392 g/mol. The van der Waals surface area contributed by atoms with E-state index in [1.165, 1.54) is 24.8 Å². The SMILES string of the molecule is COC(=O)c1ccsc1NC(=O)C1CN(c2cc(-n3nc(C)cc3C)ncn2)C1. The summed E-state index contributed by atoms with van der Waals surface area (Å²) in [4.78, 5) is 34.9. The second kappa shape index (κ2) is 7.63. The third-order valence-electron chi connectivity index (χ3n) is 4.75. The van der Waals surface area contributed by atoms with Gasteiger partial charge in [0.1, 0.15) is 17.1 Å². The number of rotatable bonds is 5. The average Bonchev–Trinajstić information content (AvgIpc) is 3.25. The molecule has 4 rings (SSSR count). The second-order valence-corrected chi connectivity index (χ2v) is 7.74. The van der Waals surface area contributed by atoms with E-state index in [0.717, 1.165) is 17.2 Å². The van der Waals surface area contributed by atoms with Crippen LogP contribution in [0, 0.1) is 19.8 Å². The van der Waals surface area contributed by atoms with E-state index in [2.05, 4.69) is 20.4 Å². The molecule has 0 bridgehead atoms. The predicted molar refractivity (Wildman–Crippen MR) is 109 cm³/mol. The number of anilines is 2. The summed E-state index contributed by atoms with van der Waals surface area (Å²) in [5, 5.41) is 9.53. The average molecular weight is 412 g/mol. The molecule has 1 N–H and O–H groups in total. The molecule has 0 saturated carbocycles. The van der Waals surface area contributed by atoms with Gasteiger partial charge >= 0.3 is 5.97 Å². The van der Waals surface area contributed by atoms with Crippen LogP contribution in [0.5, 0.6) is 0 Å². The van der Waals surface area contributed by atoms with Crippen LogP contribution in [0.25, 0.3) is 5.82 Å². The van der Waals surface area contributed by atoms with E-state index in [1.807, 2.05) is 30.9 Å². The van der Waals surface area contributed by atoms with E-state index in [4.69, 9.17) is 4.74 Å². The third-order valence-corrected chi connectivity index (χ3v) is 5.58. The number of aryl methyl sites for hydroxylation is 2. The summed E-state index contributed by atoms with van der Waals surface area (Å²) in [5.41, 5.74) is 2.28. The molecule has 1 aliphatic rings. The molecule has 1 aliphatic heterocycles. The molecule has 9 nitrogen and oxygen atoms in total. The maximum absolute atomic E-state index is 12.5. The number of methoxy groups -OCH3 is 1. The number of nitrogens with zero attached hydrogens (tertiary/aromatic N) is 5. The number of hydrogen-bond acceptors (Lipinski definition) is 8. The standard InChI is InChI=1S/C19H20N6O3S/c1-11-6-12(2)25(23-11)16-7-15(20-10-21-16)24-8-13(9-24)17(26)22-18-14(4-5-29-18)19(27)28-3/h4-7,10,13H,8-9H2,1-3H3,(H,22,26). The first-order valence-electron chi connectivity index (χ1n) is 9.03. The second-order valence-electron chi connectivity index (χ2n) is 6.82. The van der Waals surface area contributed by atoms with Crippen molar-refractivity contribution in [1.82, 2.24) is 19.7 Å². The van der Waals surface area contributed by atoms with Crippen molar-refractivity contribution in [3.05, 3.63) is 46.9 Å². The zero-order chi connectivity index (χ0) is 20.5. The van der Waals surface area contributed by atoms with Gasteiger partial charge in [-0.2, -0.15) is 5.10 Å². The van der Waals surface area contributed by atoms with Crippen LogP contribution in [0.2, 0.25) is 0 Å². The van der Waals surface area contributed by atoms with Crippen molar-refractivity contribution in [2.24, 2.45) is 5.92 Å². The number of amides is 1. The molecule has 0 aromatic carbocycles. The summed E-state index contributed by atoms with van der Waals surface area (Å²) in [7, 11) is 1.32. The van der Waals surface area contributed by atoms with Gasteiger partial charge in [0.25, 0.3) is 0 Å². The van der Waals surface area contributed by atoms with Gasteiger partial charge in [-0.25, -0.2) is 19.4 Å². The Morgan fingerprint density at radius 3 is 2.66 bits per heavy atom. The largest absolute Gasteiger partial charge is 0.465 e. The van der Waals surface area contributed by atoms with E-state index >= 15 is 0 Å². The minimum atomic E-state index is -0.463. The lowest BCUT2D eigenvalue weighted by Gasteiger charge is -2.39. The molecule has 3 aromatic rings. The third kappa shape index (κ3) is 3.70. The number of thiophene rings is 1. The van der Waals surface area contributed by atoms with Gasteiger partial charge in [0.15, 0.2) is 5.82 Å². The molecule has 10 heteroatoms. The fourth-order valence-electron chi connectivity index (χ4n) is 3.21. The van der Waals surface area contributed by atoms with E-state index in [-0.39, 0.29) is 11.8 Å². The van der Waals surface area contributed by atoms with Crippen molar-refractivity contribution < 1.29 is 14.3 Å². The molecule has 3 aromatic heterocycles. The first kappa shape index (κ1) is 19.1. The van der Waals surface area contributed by atoms with Gasteiger partial charge in [-0.1, -0.05) is 0 Å². The lowest BCUT2D eigenvalue weighted by molar-refractivity contribution is -0.120. The number of nitrogens with one attached hydrogen (secondary N) is 1. The fourth-order valence-corrected chi connectivity index (χ4v) is 3.99. The molecule has 1 saturated heterocycles. The Balaban J connectivity index is 1.41. The van der Waals surface area contributed by atoms with Crippen molar-refractivity contribution >= 4 is 34.0 Å². The normalized spacial score (nSPS) is 13.8. The molecular formula is C19H20N6O3S. The van der Waals surface area contributed by atoms with E-state index in [9.17, 15) is 9.59 Å². The Hall–Kier alpha value is -3.27. The highest BCUT2D eigenvalue weighted by atomic mass is 32.1. The smallest absolute Gasteiger partial charge is 0.340 e. The summed E-state index contributed by atoms with van der Waals surface area (Å²) >= 11 is 1.30. The topological polar surface area (TPSA) is 102 Å². The Bertz CT molecular complexity index is 1070. The van der Waals surface area contributed by atoms with Crippen LogP contribution in [0.1, 0.15) is 21.7 Å². The predicted octanol–water partition coefficient (Wildman–Crippen LogP) is 2.20. The Morgan fingerprint density at radius 1 is 1.21 bits per heavy atom. The maximum atomic E-state index is 12.5. The maximum Gasteiger partial charge on any atom is 0.340 e. The molecule has 29 heavy (non-hydrogen) atoms. The van der Waals surface area contributed by atoms with Gasteiger partial charge in [0, 0.05) is 24.8 Å². The molecule has 4 heterocycles. The van der Waals surface area contributed by atoms with Gasteiger partial charge in [-0.3, -0.25) is 4.79 Å². The van der Waals surface area contributed by atoms with Crippen LogP contribution >= 0.6 is 11.3 Å². The molecule has 0 unspecified atom stereocenters. The zero-order valence-electron chi connectivity index (χ0n) is 16.2. The highest BCUT2D eigenvalue weighted by Crippen LogP contribution is 2.28. The summed E-state index contributed by atoms with van der Waals surface area (Å²) in [5.74, 6) is 0.665. The van der Waals surface area contributed by atoms with Gasteiger partial charge in [0.05, 0.1) is 24.3 Å². The van der Waals surface area contributed by atoms with Crippen molar-refractivity contribution in [1.29, 1.82) is 0 Å². The minimum Gasteiger partial charge on any atom is -0.465 e. The number of esters is 1. The molecule has 0 radical (unpaired) electrons. The van der Waals surface area contributed by atoms with Crippen molar-refractivity contribution in [3.63, 3.8) is 0 Å². The number of carbonyl (C=O) groups excluding carboxylic acids is 2. The van der Waals surface area contributed by atoms with Crippen LogP contribution in [-0.4, -0.2) is 51.8 Å². The quantitative estimate of drug-likeness (QED) is 0.641. The van der Waals surface area contributed by atoms with E-state index in [0.29, 0.717) is 29.5 Å². The molecule has 150 valence electrons. The van der Waals surface area contributed by atoms with Crippen molar-refractivity contribution in [3.8, 4) is 5.82 Å². The Morgan fingerprint density at radius 2 is 1.97 bits per heavy atom. The van der Waals surface area contributed by atoms with Gasteiger partial charge in [0.2, 0.25) is 5.91 Å². The lowest BCUT2D eigenvalue weighted by Crippen LogP contribution is -2.52. The molecule has 1 amide bonds. The monoisotopic (exact) mass is 412 g/mol. The Labute approximate surface area is 171 Å². The van der Waals surface area contributed by atoms with Gasteiger partial charge in [-0.15, -0.1) is 11.3 Å². The van der Waals surface area contributed by atoms with Crippen molar-refractivity contribution in [2.45, 2.75) is 13.8 Å². The summed E-state index contributed by atoms with van der Waals surface area (Å²) in [6.45, 7) is 4.99. The zero-order valence-corrected chi connectivity index (χ0v) is 17.1. The molecule has 0 aliphatic carbocycles. The van der Waals surface area contributed by atoms with E-state index in [1.54, 1.807) is 16.1 Å². The molecule has 0 atom stereocenters. The van der Waals surface area contributed by atoms with E-state index < -0.39 is 5.97 Å². The molecule has 0 spiro atoms. The highest BCUT2D eigenvalue weighted by molar-refractivity contribution is 7.14. The first-order valence-corrected chi connectivity index (χ1v) is 9.91. The summed E-state index contributed by atoms with van der Waals surface area (Å²) in [6, 6.07) is 5.49. The van der Waals surface area contributed by atoms with Crippen LogP contribution in [0.4, 0.5) is 10.8 Å². The minimum absolute atomic E-state index is 0.123. The summed E-state index contributed by atoms with van der Waals surface area (Å²) in [6.07, 6.45) is 1.50. The van der Waals surface area contributed by atoms with Crippen LogP contribution < -0.4 is 10.2 Å². The highest BCUT2D eigenvalue weighted by Gasteiger charge is 2.34. The van der Waals surface area contributed by atoms with Crippen LogP contribution in [-0.2, 0) is 9.53 Å². The van der Waals surface area contributed by atoms with Gasteiger partial charge in [-0.05, 0) is 31.4 Å². The number of aromatic nitrogens is 4. The lowest BCUT2D eigenvalue weighted by atomic mass is 9.99. The number of ether oxygens (including phenoxy) is 1. The fraction of sp³-hybridized carbons (Fsp3) is 0.316. The Kier molecular flexibility index (Phi) is 5.01. The molecule has 1 fully saturated rings. The summed E-state index contributed by atoms with van der Waals surface area (Å²) < 4.78 is 6.51. The van der Waals surface area contributed by atoms with Crippen molar-refractivity contribution in [2.75, 3.05) is 30.4 Å². The first-order chi connectivity index (χ1) is 14.0. The van der Waals surface area contributed by atoms with Crippen LogP contribution in [0.3, 0.4) is 0 Å². The number of carbonyl (C=O) groups is 2. The van der Waals surface area contributed by atoms with Gasteiger partial charge < -0.3 is 15.0 Å². The van der Waals surface area contributed by atoms with Crippen LogP contribution in [0.15, 0.2) is 29.9 Å².